The molecule has 1 heterocycles. The van der Waals surface area contributed by atoms with Crippen LogP contribution in [-0.4, -0.2) is 10.5 Å². The first-order valence-electron chi connectivity index (χ1n) is 7.31. The maximum Gasteiger partial charge on any atom is 0.272 e. The van der Waals surface area contributed by atoms with E-state index in [0.717, 1.165) is 27.0 Å². The van der Waals surface area contributed by atoms with Crippen LogP contribution < -0.4 is 5.32 Å². The molecule has 1 N–H and O–H groups in total. The van der Waals surface area contributed by atoms with Crippen molar-refractivity contribution in [3.63, 3.8) is 0 Å². The van der Waals surface area contributed by atoms with Gasteiger partial charge in [0.1, 0.15) is 5.69 Å². The van der Waals surface area contributed by atoms with Gasteiger partial charge < -0.3 is 9.88 Å². The molecule has 1 amide bonds. The van der Waals surface area contributed by atoms with Gasteiger partial charge in [0.2, 0.25) is 0 Å². The quantitative estimate of drug-likeness (QED) is 0.847. The molecule has 0 aliphatic heterocycles. The van der Waals surface area contributed by atoms with Gasteiger partial charge in [-0.15, -0.1) is 0 Å². The lowest BCUT2D eigenvalue weighted by molar-refractivity contribution is 0.101. The summed E-state index contributed by atoms with van der Waals surface area (Å²) >= 11 is 3.48. The number of carbonyl (C=O) groups is 1. The van der Waals surface area contributed by atoms with Crippen LogP contribution >= 0.6 is 15.9 Å². The maximum absolute atomic E-state index is 12.6. The lowest BCUT2D eigenvalue weighted by atomic mass is 9.93. The Labute approximate surface area is 133 Å². The summed E-state index contributed by atoms with van der Waals surface area (Å²) in [7, 11) is 0. The van der Waals surface area contributed by atoms with Crippen LogP contribution in [0.2, 0.25) is 0 Å². The monoisotopic (exact) mass is 346 g/mol. The summed E-state index contributed by atoms with van der Waals surface area (Å²) in [5.74, 6) is -0.0274. The van der Waals surface area contributed by atoms with Gasteiger partial charge in [0, 0.05) is 22.4 Å². The number of amides is 1. The van der Waals surface area contributed by atoms with Gasteiger partial charge in [-0.05, 0) is 68.5 Å². The summed E-state index contributed by atoms with van der Waals surface area (Å²) in [6.07, 6.45) is 5.62. The number of hydrogen-bond acceptors (Lipinski definition) is 1. The Hall–Kier alpha value is -1.55. The third-order valence-corrected chi connectivity index (χ3v) is 4.67. The molecular weight excluding hydrogens is 328 g/mol. The molecule has 0 bridgehead atoms. The predicted molar refractivity (Wildman–Crippen MR) is 88.9 cm³/mol. The number of nitrogens with one attached hydrogen (secondary N) is 1. The molecule has 1 aromatic heterocycles. The smallest absolute Gasteiger partial charge is 0.272 e. The van der Waals surface area contributed by atoms with Crippen molar-refractivity contribution in [2.45, 2.75) is 39.2 Å². The van der Waals surface area contributed by atoms with Crippen molar-refractivity contribution in [1.82, 2.24) is 4.57 Å². The minimum atomic E-state index is -0.0274. The van der Waals surface area contributed by atoms with E-state index in [1.54, 1.807) is 0 Å². The summed E-state index contributed by atoms with van der Waals surface area (Å²) < 4.78 is 3.15. The van der Waals surface area contributed by atoms with Crippen molar-refractivity contribution in [1.29, 1.82) is 0 Å². The molecule has 1 saturated carbocycles. The average Bonchev–Trinajstić information content (AvgIpc) is 2.80. The molecule has 21 heavy (non-hydrogen) atoms. The van der Waals surface area contributed by atoms with Crippen LogP contribution in [0, 0.1) is 13.8 Å². The number of nitrogens with zero attached hydrogens (tertiary/aromatic N) is 1. The highest BCUT2D eigenvalue weighted by molar-refractivity contribution is 9.10. The van der Waals surface area contributed by atoms with Gasteiger partial charge in [0.05, 0.1) is 0 Å². The Balaban J connectivity index is 1.86. The topological polar surface area (TPSA) is 34.0 Å². The molecular formula is C17H19BrN2O. The molecule has 4 heteroatoms. The van der Waals surface area contributed by atoms with Crippen molar-refractivity contribution < 1.29 is 4.79 Å². The Morgan fingerprint density at radius 2 is 1.95 bits per heavy atom. The summed E-state index contributed by atoms with van der Waals surface area (Å²) in [5, 5.41) is 3.07. The standard InChI is InChI=1S/C17H19BrN2O/c1-11-9-13(18)10-12(2)16(11)19-17(21)15-7-4-8-20(15)14-5-3-6-14/h4,7-10,14H,3,5-6H2,1-2H3,(H,19,21). The third-order valence-electron chi connectivity index (χ3n) is 4.22. The summed E-state index contributed by atoms with van der Waals surface area (Å²) in [5.41, 5.74) is 3.79. The Kier molecular flexibility index (Phi) is 3.89. The zero-order valence-corrected chi connectivity index (χ0v) is 13.9. The van der Waals surface area contributed by atoms with E-state index in [2.05, 4.69) is 25.8 Å². The Morgan fingerprint density at radius 3 is 2.52 bits per heavy atom. The van der Waals surface area contributed by atoms with Crippen LogP contribution in [0.1, 0.15) is 46.9 Å². The van der Waals surface area contributed by atoms with Crippen molar-refractivity contribution in [2.24, 2.45) is 0 Å². The van der Waals surface area contributed by atoms with E-state index in [4.69, 9.17) is 0 Å². The molecule has 1 aliphatic rings. The normalized spacial score (nSPS) is 14.8. The second kappa shape index (κ2) is 5.68. The average molecular weight is 347 g/mol. The van der Waals surface area contributed by atoms with E-state index < -0.39 is 0 Å². The van der Waals surface area contributed by atoms with Crippen molar-refractivity contribution in [3.8, 4) is 0 Å². The van der Waals surface area contributed by atoms with Gasteiger partial charge in [-0.25, -0.2) is 0 Å². The Morgan fingerprint density at radius 1 is 1.29 bits per heavy atom. The number of halogens is 1. The fourth-order valence-corrected chi connectivity index (χ4v) is 3.54. The highest BCUT2D eigenvalue weighted by Crippen LogP contribution is 2.33. The van der Waals surface area contributed by atoms with Crippen LogP contribution in [-0.2, 0) is 0 Å². The van der Waals surface area contributed by atoms with E-state index in [1.807, 2.05) is 44.3 Å². The van der Waals surface area contributed by atoms with Crippen molar-refractivity contribution in [3.05, 3.63) is 51.8 Å². The van der Waals surface area contributed by atoms with Crippen molar-refractivity contribution in [2.75, 3.05) is 5.32 Å². The number of anilines is 1. The molecule has 1 fully saturated rings. The second-order valence-corrected chi connectivity index (χ2v) is 6.67. The van der Waals surface area contributed by atoms with Gasteiger partial charge >= 0.3 is 0 Å². The minimum absolute atomic E-state index is 0.0274. The van der Waals surface area contributed by atoms with Gasteiger partial charge in [0.15, 0.2) is 0 Å². The zero-order chi connectivity index (χ0) is 15.0. The summed E-state index contributed by atoms with van der Waals surface area (Å²) in [6.45, 7) is 4.02. The van der Waals surface area contributed by atoms with E-state index in [-0.39, 0.29) is 5.91 Å². The molecule has 1 aromatic carbocycles. The number of aryl methyl sites for hydroxylation is 2. The molecule has 0 atom stereocenters. The van der Waals surface area contributed by atoms with E-state index >= 15 is 0 Å². The maximum atomic E-state index is 12.6. The van der Waals surface area contributed by atoms with Crippen LogP contribution in [0.15, 0.2) is 34.9 Å². The first-order valence-corrected chi connectivity index (χ1v) is 8.10. The number of benzene rings is 1. The second-order valence-electron chi connectivity index (χ2n) is 5.75. The number of rotatable bonds is 3. The highest BCUT2D eigenvalue weighted by atomic mass is 79.9. The molecule has 0 radical (unpaired) electrons. The number of hydrogen-bond donors (Lipinski definition) is 1. The van der Waals surface area contributed by atoms with E-state index in [9.17, 15) is 4.79 Å². The largest absolute Gasteiger partial charge is 0.340 e. The molecule has 0 spiro atoms. The first-order chi connectivity index (χ1) is 10.1. The van der Waals surface area contributed by atoms with E-state index in [1.165, 1.54) is 19.3 Å². The van der Waals surface area contributed by atoms with Gasteiger partial charge in [-0.1, -0.05) is 15.9 Å². The first kappa shape index (κ1) is 14.4. The lowest BCUT2D eigenvalue weighted by Crippen LogP contribution is -2.23. The van der Waals surface area contributed by atoms with Crippen LogP contribution in [0.3, 0.4) is 0 Å². The van der Waals surface area contributed by atoms with Crippen molar-refractivity contribution >= 4 is 27.5 Å². The highest BCUT2D eigenvalue weighted by Gasteiger charge is 2.23. The third kappa shape index (κ3) is 2.77. The SMILES string of the molecule is Cc1cc(Br)cc(C)c1NC(=O)c1cccn1C1CCC1. The van der Waals surface area contributed by atoms with Crippen LogP contribution in [0.4, 0.5) is 5.69 Å². The number of carbonyl (C=O) groups excluding carboxylic acids is 1. The predicted octanol–water partition coefficient (Wildman–Crippen LogP) is 4.84. The molecule has 3 nitrogen and oxygen atoms in total. The van der Waals surface area contributed by atoms with Gasteiger partial charge in [0.25, 0.3) is 5.91 Å². The Bertz CT molecular complexity index is 663. The molecule has 2 aromatic rings. The van der Waals surface area contributed by atoms with Crippen LogP contribution in [0.25, 0.3) is 0 Å². The molecule has 0 unspecified atom stereocenters. The fourth-order valence-electron chi connectivity index (χ4n) is 2.85. The lowest BCUT2D eigenvalue weighted by Gasteiger charge is -2.28. The van der Waals surface area contributed by atoms with Gasteiger partial charge in [-0.2, -0.15) is 0 Å². The van der Waals surface area contributed by atoms with Gasteiger partial charge in [-0.3, -0.25) is 4.79 Å². The zero-order valence-electron chi connectivity index (χ0n) is 12.3. The summed E-state index contributed by atoms with van der Waals surface area (Å²) in [4.78, 5) is 12.6. The number of aromatic nitrogens is 1. The molecule has 3 rings (SSSR count). The minimum Gasteiger partial charge on any atom is -0.340 e. The fraction of sp³-hybridized carbons (Fsp3) is 0.353. The molecule has 1 aliphatic carbocycles. The van der Waals surface area contributed by atoms with Crippen LogP contribution in [0.5, 0.6) is 0 Å². The summed E-state index contributed by atoms with van der Waals surface area (Å²) in [6, 6.07) is 8.39. The molecule has 110 valence electrons. The molecule has 0 saturated heterocycles. The van der Waals surface area contributed by atoms with E-state index in [0.29, 0.717) is 6.04 Å².